The van der Waals surface area contributed by atoms with E-state index in [1.54, 1.807) is 30.3 Å². The van der Waals surface area contributed by atoms with E-state index in [9.17, 15) is 9.00 Å². The van der Waals surface area contributed by atoms with Gasteiger partial charge in [-0.25, -0.2) is 0 Å². The van der Waals surface area contributed by atoms with Gasteiger partial charge in [0.1, 0.15) is 0 Å². The van der Waals surface area contributed by atoms with Gasteiger partial charge in [-0.05, 0) is 24.3 Å². The molecule has 2 rings (SSSR count). The fourth-order valence-corrected chi connectivity index (χ4v) is 3.74. The number of hydrogen-bond acceptors (Lipinski definition) is 3. The lowest BCUT2D eigenvalue weighted by atomic mass is 10.1. The summed E-state index contributed by atoms with van der Waals surface area (Å²) >= 11 is 11.9. The Morgan fingerprint density at radius 2 is 1.67 bits per heavy atom. The zero-order valence-corrected chi connectivity index (χ0v) is 13.0. The molecule has 2 aromatic rings. The SMILES string of the molecule is N#Cc1ccc(C(=O)CS(=O)c2c(Cl)cccc2Cl)cc1. The van der Waals surface area contributed by atoms with Crippen LogP contribution >= 0.6 is 23.2 Å². The second kappa shape index (κ2) is 6.86. The third-order valence-corrected chi connectivity index (χ3v) is 5.02. The summed E-state index contributed by atoms with van der Waals surface area (Å²) in [4.78, 5) is 12.4. The maximum atomic E-state index is 12.3. The van der Waals surface area contributed by atoms with Gasteiger partial charge in [0.25, 0.3) is 0 Å². The van der Waals surface area contributed by atoms with Crippen LogP contribution in [0, 0.1) is 11.3 Å². The molecule has 0 amide bonds. The van der Waals surface area contributed by atoms with E-state index < -0.39 is 10.8 Å². The van der Waals surface area contributed by atoms with E-state index in [1.807, 2.05) is 6.07 Å². The molecule has 0 bridgehead atoms. The number of hydrogen-bond donors (Lipinski definition) is 0. The Hall–Kier alpha value is -1.67. The highest BCUT2D eigenvalue weighted by Crippen LogP contribution is 2.28. The summed E-state index contributed by atoms with van der Waals surface area (Å²) in [5.74, 6) is -0.510. The highest BCUT2D eigenvalue weighted by atomic mass is 35.5. The Bertz CT molecular complexity index is 731. The average Bonchev–Trinajstić information content (AvgIpc) is 2.47. The quantitative estimate of drug-likeness (QED) is 0.796. The van der Waals surface area contributed by atoms with Gasteiger partial charge >= 0.3 is 0 Å². The summed E-state index contributed by atoms with van der Waals surface area (Å²) in [6.45, 7) is 0. The maximum absolute atomic E-state index is 12.3. The van der Waals surface area contributed by atoms with Gasteiger partial charge in [-0.2, -0.15) is 5.26 Å². The Morgan fingerprint density at radius 1 is 1.10 bits per heavy atom. The monoisotopic (exact) mass is 337 g/mol. The summed E-state index contributed by atoms with van der Waals surface area (Å²) in [6.07, 6.45) is 0. The van der Waals surface area contributed by atoms with Gasteiger partial charge in [-0.3, -0.25) is 9.00 Å². The van der Waals surface area contributed by atoms with Crippen molar-refractivity contribution in [3.8, 4) is 6.07 Å². The Morgan fingerprint density at radius 3 is 2.19 bits per heavy atom. The first-order valence-electron chi connectivity index (χ1n) is 5.88. The number of Topliss-reactive ketones (excluding diaryl/α,β-unsaturated/α-hetero) is 1. The number of nitriles is 1. The van der Waals surface area contributed by atoms with E-state index in [0.717, 1.165) is 0 Å². The molecule has 0 aliphatic carbocycles. The van der Waals surface area contributed by atoms with E-state index in [2.05, 4.69) is 0 Å². The highest BCUT2D eigenvalue weighted by Gasteiger charge is 2.17. The lowest BCUT2D eigenvalue weighted by Crippen LogP contribution is -2.11. The lowest BCUT2D eigenvalue weighted by Gasteiger charge is -2.06. The van der Waals surface area contributed by atoms with E-state index in [4.69, 9.17) is 28.5 Å². The van der Waals surface area contributed by atoms with Crippen LogP contribution in [0.25, 0.3) is 0 Å². The first-order valence-corrected chi connectivity index (χ1v) is 7.96. The number of ketones is 1. The fourth-order valence-electron chi connectivity index (χ4n) is 1.71. The molecule has 0 fully saturated rings. The van der Waals surface area contributed by atoms with Gasteiger partial charge in [0.15, 0.2) is 5.78 Å². The minimum absolute atomic E-state index is 0.213. The maximum Gasteiger partial charge on any atom is 0.175 e. The average molecular weight is 338 g/mol. The molecule has 106 valence electrons. The molecule has 0 aliphatic heterocycles. The van der Waals surface area contributed by atoms with E-state index in [-0.39, 0.29) is 26.5 Å². The van der Waals surface area contributed by atoms with Gasteiger partial charge in [-0.15, -0.1) is 0 Å². The van der Waals surface area contributed by atoms with Crippen LogP contribution < -0.4 is 0 Å². The molecule has 0 saturated heterocycles. The van der Waals surface area contributed by atoms with Crippen LogP contribution in [0.4, 0.5) is 0 Å². The van der Waals surface area contributed by atoms with Crippen molar-refractivity contribution < 1.29 is 9.00 Å². The normalized spacial score (nSPS) is 11.7. The van der Waals surface area contributed by atoms with Crippen molar-refractivity contribution in [2.75, 3.05) is 5.75 Å². The molecule has 0 N–H and O–H groups in total. The predicted octanol–water partition coefficient (Wildman–Crippen LogP) is 3.86. The van der Waals surface area contributed by atoms with Crippen LogP contribution in [0.15, 0.2) is 47.4 Å². The van der Waals surface area contributed by atoms with E-state index in [1.165, 1.54) is 12.1 Å². The Labute approximate surface area is 134 Å². The molecular formula is C15H9Cl2NO2S. The minimum Gasteiger partial charge on any atom is -0.293 e. The predicted molar refractivity (Wildman–Crippen MR) is 83.2 cm³/mol. The second-order valence-electron chi connectivity index (χ2n) is 4.15. The summed E-state index contributed by atoms with van der Waals surface area (Å²) in [5.41, 5.74) is 0.854. The molecule has 3 nitrogen and oxygen atoms in total. The van der Waals surface area contributed by atoms with Gasteiger partial charge in [0.05, 0.1) is 43.1 Å². The molecule has 0 spiro atoms. The molecule has 1 atom stereocenters. The molecule has 0 aliphatic rings. The number of carbonyl (C=O) groups excluding carboxylic acids is 1. The lowest BCUT2D eigenvalue weighted by molar-refractivity contribution is 0.102. The number of benzene rings is 2. The Kier molecular flexibility index (Phi) is 5.13. The van der Waals surface area contributed by atoms with Gasteiger partial charge in [0, 0.05) is 5.56 Å². The molecule has 6 heteroatoms. The van der Waals surface area contributed by atoms with Crippen LogP contribution in [-0.4, -0.2) is 15.7 Å². The van der Waals surface area contributed by atoms with Crippen molar-refractivity contribution in [3.05, 3.63) is 63.6 Å². The van der Waals surface area contributed by atoms with Crippen molar-refractivity contribution >= 4 is 39.8 Å². The first kappa shape index (κ1) is 15.7. The number of rotatable bonds is 4. The van der Waals surface area contributed by atoms with Crippen molar-refractivity contribution in [2.24, 2.45) is 0 Å². The first-order chi connectivity index (χ1) is 10.0. The molecule has 2 aromatic carbocycles. The summed E-state index contributed by atoms with van der Waals surface area (Å²) in [7, 11) is -1.62. The minimum atomic E-state index is -1.62. The summed E-state index contributed by atoms with van der Waals surface area (Å²) in [6, 6.07) is 12.9. The second-order valence-corrected chi connectivity index (χ2v) is 6.36. The molecular weight excluding hydrogens is 329 g/mol. The van der Waals surface area contributed by atoms with Crippen molar-refractivity contribution in [1.29, 1.82) is 5.26 Å². The largest absolute Gasteiger partial charge is 0.293 e. The third kappa shape index (κ3) is 3.70. The standard InChI is InChI=1S/C15H9Cl2NO2S/c16-12-2-1-3-13(17)15(12)21(20)9-14(19)11-6-4-10(8-18)5-7-11/h1-7H,9H2. The van der Waals surface area contributed by atoms with Crippen LogP contribution in [0.3, 0.4) is 0 Å². The number of halogens is 2. The third-order valence-electron chi connectivity index (χ3n) is 2.74. The molecule has 0 saturated carbocycles. The van der Waals surface area contributed by atoms with Gasteiger partial charge in [0.2, 0.25) is 0 Å². The van der Waals surface area contributed by atoms with Crippen LogP contribution in [0.1, 0.15) is 15.9 Å². The van der Waals surface area contributed by atoms with Crippen LogP contribution in [-0.2, 0) is 10.8 Å². The van der Waals surface area contributed by atoms with Crippen molar-refractivity contribution in [1.82, 2.24) is 0 Å². The smallest absolute Gasteiger partial charge is 0.175 e. The van der Waals surface area contributed by atoms with Crippen LogP contribution in [0.5, 0.6) is 0 Å². The molecule has 0 aromatic heterocycles. The zero-order valence-electron chi connectivity index (χ0n) is 10.7. The van der Waals surface area contributed by atoms with Gasteiger partial charge in [-0.1, -0.05) is 41.4 Å². The topological polar surface area (TPSA) is 57.9 Å². The van der Waals surface area contributed by atoms with Crippen LogP contribution in [0.2, 0.25) is 10.0 Å². The fraction of sp³-hybridized carbons (Fsp3) is 0.0667. The number of nitrogens with zero attached hydrogens (tertiary/aromatic N) is 1. The zero-order chi connectivity index (χ0) is 15.4. The summed E-state index contributed by atoms with van der Waals surface area (Å²) in [5, 5.41) is 9.25. The van der Waals surface area contributed by atoms with Gasteiger partial charge < -0.3 is 0 Å². The molecule has 21 heavy (non-hydrogen) atoms. The summed E-state index contributed by atoms with van der Waals surface area (Å²) < 4.78 is 12.3. The molecule has 0 heterocycles. The van der Waals surface area contributed by atoms with E-state index >= 15 is 0 Å². The molecule has 0 radical (unpaired) electrons. The van der Waals surface area contributed by atoms with Crippen molar-refractivity contribution in [2.45, 2.75) is 4.90 Å². The van der Waals surface area contributed by atoms with E-state index in [0.29, 0.717) is 11.1 Å². The highest BCUT2D eigenvalue weighted by molar-refractivity contribution is 7.86. The Balaban J connectivity index is 2.19. The van der Waals surface area contributed by atoms with Crippen molar-refractivity contribution in [3.63, 3.8) is 0 Å². The number of carbonyl (C=O) groups is 1. The molecule has 1 unspecified atom stereocenters.